The number of nitrogens with one attached hydrogen (secondary N) is 8. The van der Waals surface area contributed by atoms with E-state index < -0.39 is 83.6 Å². The molecule has 2 saturated heterocycles. The summed E-state index contributed by atoms with van der Waals surface area (Å²) in [7, 11) is 3.33. The molecular weight excluding hydrogens is 953 g/mol. The Balaban J connectivity index is 1.07. The fourth-order valence-corrected chi connectivity index (χ4v) is 10.8. The highest BCUT2D eigenvalue weighted by Crippen LogP contribution is 2.33. The van der Waals surface area contributed by atoms with Crippen LogP contribution in [0, 0.1) is 17.8 Å². The topological polar surface area (TPSA) is 242 Å². The van der Waals surface area contributed by atoms with Gasteiger partial charge in [-0.2, -0.15) is 0 Å². The van der Waals surface area contributed by atoms with Gasteiger partial charge in [-0.15, -0.1) is 12.3 Å². The van der Waals surface area contributed by atoms with Crippen molar-refractivity contribution in [1.29, 1.82) is 0 Å². The average Bonchev–Trinajstić information content (AvgIpc) is 4.03. The summed E-state index contributed by atoms with van der Waals surface area (Å²) in [6, 6.07) is 15.2. The van der Waals surface area contributed by atoms with E-state index in [1.807, 2.05) is 57.2 Å². The molecule has 18 heteroatoms. The molecule has 7 rings (SSSR count). The van der Waals surface area contributed by atoms with Crippen molar-refractivity contribution in [1.82, 2.24) is 52.3 Å². The smallest absolute Gasteiger partial charge is 0.251 e. The van der Waals surface area contributed by atoms with E-state index in [1.165, 1.54) is 15.9 Å². The largest absolute Gasteiger partial charge is 0.377 e. The van der Waals surface area contributed by atoms with Crippen molar-refractivity contribution in [3.05, 3.63) is 106 Å². The van der Waals surface area contributed by atoms with E-state index >= 15 is 0 Å². The summed E-state index contributed by atoms with van der Waals surface area (Å²) in [5.74, 6) is -0.620. The van der Waals surface area contributed by atoms with Gasteiger partial charge in [0.25, 0.3) is 11.8 Å². The maximum absolute atomic E-state index is 14.7. The first-order valence-corrected chi connectivity index (χ1v) is 26.4. The maximum Gasteiger partial charge on any atom is 0.251 e. The molecule has 0 spiro atoms. The minimum absolute atomic E-state index is 0.0157. The number of carbonyl (C=O) groups excluding carboxylic acids is 7. The first-order chi connectivity index (χ1) is 35.8. The van der Waals surface area contributed by atoms with E-state index in [9.17, 15) is 38.7 Å². The monoisotopic (exact) mass is 1030 g/mol. The van der Waals surface area contributed by atoms with Crippen LogP contribution >= 0.6 is 0 Å². The van der Waals surface area contributed by atoms with Crippen LogP contribution in [0.5, 0.6) is 0 Å². The number of benzene rings is 3. The van der Waals surface area contributed by atoms with Crippen molar-refractivity contribution in [2.75, 3.05) is 27.2 Å². The van der Waals surface area contributed by atoms with Crippen molar-refractivity contribution in [3.8, 4) is 12.3 Å². The highest BCUT2D eigenvalue weighted by Gasteiger charge is 2.47. The van der Waals surface area contributed by atoms with Crippen LogP contribution in [0.25, 0.3) is 0 Å². The number of rotatable bonds is 18. The van der Waals surface area contributed by atoms with Crippen LogP contribution in [0.3, 0.4) is 0 Å². The fourth-order valence-electron chi connectivity index (χ4n) is 10.8. The van der Waals surface area contributed by atoms with E-state index in [0.717, 1.165) is 60.8 Å². The van der Waals surface area contributed by atoms with Crippen LogP contribution in [-0.4, -0.2) is 138 Å². The van der Waals surface area contributed by atoms with E-state index in [-0.39, 0.29) is 73.3 Å². The fraction of sp³-hybridized carbons (Fsp3) is 0.526. The lowest BCUT2D eigenvalue weighted by Gasteiger charge is -2.36. The lowest BCUT2D eigenvalue weighted by molar-refractivity contribution is -0.144. The quantitative estimate of drug-likeness (QED) is 0.0663. The number of likely N-dealkylation sites (tertiary alicyclic amines) is 2. The molecule has 4 aliphatic rings. The molecule has 11 atom stereocenters. The Bertz CT molecular complexity index is 2630. The van der Waals surface area contributed by atoms with Gasteiger partial charge >= 0.3 is 0 Å². The third kappa shape index (κ3) is 13.4. The third-order valence-electron chi connectivity index (χ3n) is 15.3. The molecule has 2 heterocycles. The summed E-state index contributed by atoms with van der Waals surface area (Å²) in [4.78, 5) is 102. The zero-order chi connectivity index (χ0) is 54.1. The first kappa shape index (κ1) is 56.1. The molecule has 402 valence electrons. The molecule has 9 N–H and O–H groups in total. The molecule has 7 amide bonds. The Morgan fingerprint density at radius 1 is 0.693 bits per heavy atom. The number of carbonyl (C=O) groups is 7. The standard InChI is InChI=1S/C57H76N10O8/c1-9-17-45(64-49(68)33(2)58-7)55(74)66-31-39(29-46(66)53(72)62-43-26-15-20-35-18-10-12-24-41(35)43)60-51(70)37-22-14-23-38(28-37)52(71)61-40-30-47(54(73)63-44-27-16-21-36-19-11-13-25-42(36)44)67(32-40)56(75)48(57(4,5)6)65-50(69)34(3)59-8/h1,10-14,18-19,22-25,28,33-34,39-40,43-49,58-59,64,68H,15-17,20-21,26-27,29-32H2,2-8H3,(H,60,70)(H,61,71)(H,62,72)(H,63,73)(H,65,69)/t33-,34-,39?,40?,43+,44+,45-,46-,47-,48+,49?/m0/s1. The van der Waals surface area contributed by atoms with Crippen LogP contribution in [0.15, 0.2) is 72.8 Å². The number of nitrogens with zero attached hydrogens (tertiary/aromatic N) is 2. The molecule has 2 fully saturated rings. The molecule has 3 aromatic carbocycles. The molecule has 2 aliphatic carbocycles. The van der Waals surface area contributed by atoms with E-state index in [0.29, 0.717) is 0 Å². The summed E-state index contributed by atoms with van der Waals surface area (Å²) in [5.41, 5.74) is 3.92. The van der Waals surface area contributed by atoms with Crippen LogP contribution in [-0.2, 0) is 36.8 Å². The van der Waals surface area contributed by atoms with Gasteiger partial charge in [-0.05, 0) is 125 Å². The van der Waals surface area contributed by atoms with Crippen LogP contribution in [0.2, 0.25) is 0 Å². The number of aliphatic hydroxyl groups is 1. The number of fused-ring (bicyclic) bond motifs is 2. The minimum Gasteiger partial charge on any atom is -0.377 e. The second kappa shape index (κ2) is 24.8. The normalized spacial score (nSPS) is 23.2. The average molecular weight is 1030 g/mol. The highest BCUT2D eigenvalue weighted by atomic mass is 16.3. The number of aryl methyl sites for hydroxylation is 2. The number of likely N-dealkylation sites (N-methyl/N-ethyl adjacent to an activating group) is 2. The zero-order valence-corrected chi connectivity index (χ0v) is 44.3. The SMILES string of the molecule is C#CC[C@H](NC(O)[C@H](C)NC)C(=O)N1CC(NC(=O)c2cccc(C(=O)NC3C[C@@H](C(=O)N[C@@H]4CCCc5ccccc54)N(C(=O)[C@@H](NC(=O)[C@H](C)NC)C(C)(C)C)C3)c2)C[C@H]1C(=O)N[C@@H]1CCCc2ccccc21. The van der Waals surface area contributed by atoms with Crippen LogP contribution < -0.4 is 42.5 Å². The van der Waals surface area contributed by atoms with E-state index in [4.69, 9.17) is 6.42 Å². The Kier molecular flexibility index (Phi) is 18.5. The number of aliphatic hydroxyl groups excluding tert-OH is 1. The lowest BCUT2D eigenvalue weighted by Crippen LogP contribution is -2.59. The summed E-state index contributed by atoms with van der Waals surface area (Å²) in [6.45, 7) is 8.91. The predicted octanol–water partition coefficient (Wildman–Crippen LogP) is 2.52. The van der Waals surface area contributed by atoms with Crippen molar-refractivity contribution in [3.63, 3.8) is 0 Å². The minimum atomic E-state index is -1.14. The molecule has 0 bridgehead atoms. The van der Waals surface area contributed by atoms with Gasteiger partial charge in [0, 0.05) is 48.8 Å². The van der Waals surface area contributed by atoms with Crippen molar-refractivity contribution >= 4 is 41.4 Å². The number of terminal acetylenes is 1. The molecule has 0 radical (unpaired) electrons. The molecule has 3 unspecified atom stereocenters. The Morgan fingerprint density at radius 3 is 1.65 bits per heavy atom. The van der Waals surface area contributed by atoms with Crippen molar-refractivity contribution in [2.24, 2.45) is 5.41 Å². The molecule has 2 aliphatic heterocycles. The van der Waals surface area contributed by atoms with Gasteiger partial charge in [-0.25, -0.2) is 0 Å². The number of amides is 7. The van der Waals surface area contributed by atoms with E-state index in [2.05, 4.69) is 60.6 Å². The van der Waals surface area contributed by atoms with Crippen molar-refractivity contribution in [2.45, 2.75) is 159 Å². The van der Waals surface area contributed by atoms with Gasteiger partial charge in [0.2, 0.25) is 29.5 Å². The van der Waals surface area contributed by atoms with Crippen LogP contribution in [0.4, 0.5) is 0 Å². The summed E-state index contributed by atoms with van der Waals surface area (Å²) >= 11 is 0. The lowest BCUT2D eigenvalue weighted by atomic mass is 9.85. The van der Waals surface area contributed by atoms with Gasteiger partial charge in [0.05, 0.1) is 24.2 Å². The number of hydrogen-bond acceptors (Lipinski definition) is 11. The Morgan fingerprint density at radius 2 is 1.19 bits per heavy atom. The van der Waals surface area contributed by atoms with Gasteiger partial charge in [-0.1, -0.05) is 75.4 Å². The first-order valence-electron chi connectivity index (χ1n) is 26.4. The molecular formula is C57H76N10O8. The van der Waals surface area contributed by atoms with E-state index in [1.54, 1.807) is 46.1 Å². The second-order valence-electron chi connectivity index (χ2n) is 21.7. The van der Waals surface area contributed by atoms with Crippen LogP contribution in [0.1, 0.15) is 135 Å². The summed E-state index contributed by atoms with van der Waals surface area (Å²) in [6.07, 6.45) is 9.70. The Labute approximate surface area is 441 Å². The molecule has 75 heavy (non-hydrogen) atoms. The molecule has 0 saturated carbocycles. The molecule has 3 aromatic rings. The second-order valence-corrected chi connectivity index (χ2v) is 21.7. The predicted molar refractivity (Wildman–Crippen MR) is 285 cm³/mol. The Hall–Kier alpha value is -6.65. The molecule has 0 aromatic heterocycles. The summed E-state index contributed by atoms with van der Waals surface area (Å²) in [5, 5.41) is 35.0. The van der Waals surface area contributed by atoms with Gasteiger partial charge < -0.3 is 52.1 Å². The highest BCUT2D eigenvalue weighted by molar-refractivity contribution is 6.00. The van der Waals surface area contributed by atoms with Gasteiger partial charge in [0.15, 0.2) is 0 Å². The zero-order valence-electron chi connectivity index (χ0n) is 44.3. The van der Waals surface area contributed by atoms with Gasteiger partial charge in [0.1, 0.15) is 24.4 Å². The number of hydrogen-bond donors (Lipinski definition) is 9. The third-order valence-corrected chi connectivity index (χ3v) is 15.3. The summed E-state index contributed by atoms with van der Waals surface area (Å²) < 4.78 is 0. The maximum atomic E-state index is 14.7. The van der Waals surface area contributed by atoms with Gasteiger partial charge in [-0.3, -0.25) is 38.9 Å². The molecule has 18 nitrogen and oxygen atoms in total. The van der Waals surface area contributed by atoms with Crippen molar-refractivity contribution < 1.29 is 38.7 Å².